The van der Waals surface area contributed by atoms with Crippen molar-refractivity contribution in [2.45, 2.75) is 72.5 Å². The van der Waals surface area contributed by atoms with E-state index in [4.69, 9.17) is 0 Å². The van der Waals surface area contributed by atoms with E-state index >= 15 is 0 Å². The molecule has 8 heteroatoms. The van der Waals surface area contributed by atoms with E-state index in [0.29, 0.717) is 25.1 Å². The SMILES string of the molecule is CC[C@@H](C(=O)NC(C)C)N(Cc1ccc(C)cc1)C(=O)CCCN(c1ccccc1C)S(C)(=O)=O. The highest BCUT2D eigenvalue weighted by atomic mass is 32.2. The lowest BCUT2D eigenvalue weighted by molar-refractivity contribution is -0.141. The van der Waals surface area contributed by atoms with E-state index in [9.17, 15) is 18.0 Å². The molecule has 1 N–H and O–H groups in total. The highest BCUT2D eigenvalue weighted by molar-refractivity contribution is 7.92. The topological polar surface area (TPSA) is 86.8 Å². The molecule has 0 spiro atoms. The van der Waals surface area contributed by atoms with Gasteiger partial charge in [0.2, 0.25) is 21.8 Å². The van der Waals surface area contributed by atoms with E-state index < -0.39 is 16.1 Å². The number of amides is 2. The Labute approximate surface area is 210 Å². The molecule has 2 aromatic carbocycles. The molecule has 0 saturated carbocycles. The molecule has 0 unspecified atom stereocenters. The van der Waals surface area contributed by atoms with Crippen LogP contribution in [0.25, 0.3) is 0 Å². The third kappa shape index (κ3) is 8.38. The van der Waals surface area contributed by atoms with Gasteiger partial charge in [0.25, 0.3) is 0 Å². The average Bonchev–Trinajstić information content (AvgIpc) is 2.77. The zero-order valence-electron chi connectivity index (χ0n) is 21.7. The predicted molar refractivity (Wildman–Crippen MR) is 142 cm³/mol. The molecule has 35 heavy (non-hydrogen) atoms. The van der Waals surface area contributed by atoms with Gasteiger partial charge in [-0.15, -0.1) is 0 Å². The molecule has 0 saturated heterocycles. The normalized spacial score (nSPS) is 12.3. The van der Waals surface area contributed by atoms with Crippen molar-refractivity contribution in [3.63, 3.8) is 0 Å². The summed E-state index contributed by atoms with van der Waals surface area (Å²) in [6.45, 7) is 10.0. The van der Waals surface area contributed by atoms with Gasteiger partial charge in [-0.2, -0.15) is 0 Å². The Morgan fingerprint density at radius 1 is 1.00 bits per heavy atom. The minimum atomic E-state index is -3.51. The lowest BCUT2D eigenvalue weighted by Crippen LogP contribution is -2.50. The molecule has 0 heterocycles. The number of benzene rings is 2. The van der Waals surface area contributed by atoms with Gasteiger partial charge in [-0.1, -0.05) is 55.0 Å². The Bertz CT molecular complexity index is 1100. The second-order valence-corrected chi connectivity index (χ2v) is 11.2. The Morgan fingerprint density at radius 2 is 1.63 bits per heavy atom. The number of rotatable bonds is 12. The van der Waals surface area contributed by atoms with Crippen molar-refractivity contribution in [2.24, 2.45) is 0 Å². The summed E-state index contributed by atoms with van der Waals surface area (Å²) in [6.07, 6.45) is 2.13. The Hall–Kier alpha value is -2.87. The van der Waals surface area contributed by atoms with E-state index in [-0.39, 0.29) is 30.8 Å². The first-order chi connectivity index (χ1) is 16.4. The average molecular weight is 502 g/mol. The maximum absolute atomic E-state index is 13.4. The van der Waals surface area contributed by atoms with Crippen LogP contribution in [-0.2, 0) is 26.2 Å². The van der Waals surface area contributed by atoms with E-state index in [1.165, 1.54) is 10.6 Å². The van der Waals surface area contributed by atoms with Gasteiger partial charge in [-0.25, -0.2) is 8.42 Å². The van der Waals surface area contributed by atoms with Gasteiger partial charge >= 0.3 is 0 Å². The van der Waals surface area contributed by atoms with Crippen molar-refractivity contribution in [3.05, 3.63) is 65.2 Å². The van der Waals surface area contributed by atoms with E-state index in [2.05, 4.69) is 5.32 Å². The number of aryl methyl sites for hydroxylation is 2. The number of hydrogen-bond donors (Lipinski definition) is 1. The van der Waals surface area contributed by atoms with Crippen LogP contribution in [-0.4, -0.2) is 50.0 Å². The lowest BCUT2D eigenvalue weighted by Gasteiger charge is -2.31. The maximum atomic E-state index is 13.4. The third-order valence-corrected chi connectivity index (χ3v) is 7.01. The Balaban J connectivity index is 2.22. The van der Waals surface area contributed by atoms with Gasteiger partial charge in [-0.05, 0) is 57.7 Å². The molecule has 0 fully saturated rings. The molecule has 2 amide bonds. The minimum absolute atomic E-state index is 0.0368. The zero-order chi connectivity index (χ0) is 26.2. The summed E-state index contributed by atoms with van der Waals surface area (Å²) < 4.78 is 26.3. The molecule has 0 aliphatic rings. The number of para-hydroxylation sites is 1. The van der Waals surface area contributed by atoms with Gasteiger partial charge in [-0.3, -0.25) is 13.9 Å². The highest BCUT2D eigenvalue weighted by Crippen LogP contribution is 2.23. The molecule has 192 valence electrons. The number of carbonyl (C=O) groups excluding carboxylic acids is 2. The van der Waals surface area contributed by atoms with E-state index in [1.54, 1.807) is 17.0 Å². The Kier molecular flexibility index (Phi) is 10.3. The largest absolute Gasteiger partial charge is 0.352 e. The molecule has 0 aliphatic heterocycles. The predicted octanol–water partition coefficient (Wildman–Crippen LogP) is 4.18. The molecule has 7 nitrogen and oxygen atoms in total. The maximum Gasteiger partial charge on any atom is 0.243 e. The van der Waals surface area contributed by atoms with Crippen molar-refractivity contribution in [1.82, 2.24) is 10.2 Å². The summed E-state index contributed by atoms with van der Waals surface area (Å²) in [6, 6.07) is 14.6. The molecule has 1 atom stereocenters. The van der Waals surface area contributed by atoms with Crippen molar-refractivity contribution in [1.29, 1.82) is 0 Å². The first kappa shape index (κ1) is 28.4. The van der Waals surface area contributed by atoms with Crippen LogP contribution in [0.1, 0.15) is 56.7 Å². The molecule has 0 radical (unpaired) electrons. The fraction of sp³-hybridized carbons (Fsp3) is 0.481. The van der Waals surface area contributed by atoms with E-state index in [0.717, 1.165) is 16.7 Å². The van der Waals surface area contributed by atoms with Gasteiger partial charge in [0.1, 0.15) is 6.04 Å². The first-order valence-corrected chi connectivity index (χ1v) is 14.0. The molecule has 2 rings (SSSR count). The van der Waals surface area contributed by atoms with Gasteiger partial charge in [0, 0.05) is 25.6 Å². The first-order valence-electron chi connectivity index (χ1n) is 12.1. The van der Waals surface area contributed by atoms with Crippen LogP contribution in [0.4, 0.5) is 5.69 Å². The van der Waals surface area contributed by atoms with Gasteiger partial charge in [0.15, 0.2) is 0 Å². The standard InChI is InChI=1S/C27H39N3O4S/c1-7-24(27(32)28-20(2)3)29(19-23-16-14-21(4)15-17-23)26(31)13-10-18-30(35(6,33)34)25-12-9-8-11-22(25)5/h8-9,11-12,14-17,20,24H,7,10,13,18-19H2,1-6H3,(H,28,32)/t24-/m0/s1. The number of carbonyl (C=O) groups is 2. The van der Waals surface area contributed by atoms with Crippen LogP contribution >= 0.6 is 0 Å². The van der Waals surface area contributed by atoms with Crippen LogP contribution in [0.15, 0.2) is 48.5 Å². The number of anilines is 1. The number of nitrogens with one attached hydrogen (secondary N) is 1. The number of sulfonamides is 1. The van der Waals surface area contributed by atoms with E-state index in [1.807, 2.05) is 71.0 Å². The summed E-state index contributed by atoms with van der Waals surface area (Å²) in [5.41, 5.74) is 3.52. The molecule has 0 aliphatic carbocycles. The van der Waals surface area contributed by atoms with Crippen LogP contribution in [0.2, 0.25) is 0 Å². The lowest BCUT2D eigenvalue weighted by atomic mass is 10.1. The zero-order valence-corrected chi connectivity index (χ0v) is 22.6. The summed E-state index contributed by atoms with van der Waals surface area (Å²) in [4.78, 5) is 28.0. The number of hydrogen-bond acceptors (Lipinski definition) is 4. The summed E-state index contributed by atoms with van der Waals surface area (Å²) in [5, 5.41) is 2.93. The van der Waals surface area contributed by atoms with Crippen molar-refractivity contribution in [2.75, 3.05) is 17.1 Å². The molecule has 2 aromatic rings. The van der Waals surface area contributed by atoms with Crippen molar-refractivity contribution < 1.29 is 18.0 Å². The molecule has 0 bridgehead atoms. The second kappa shape index (κ2) is 12.7. The smallest absolute Gasteiger partial charge is 0.243 e. The summed E-state index contributed by atoms with van der Waals surface area (Å²) in [5.74, 6) is -0.352. The van der Waals surface area contributed by atoms with Crippen LogP contribution in [0.5, 0.6) is 0 Å². The summed E-state index contributed by atoms with van der Waals surface area (Å²) in [7, 11) is -3.51. The fourth-order valence-corrected chi connectivity index (χ4v) is 5.04. The fourth-order valence-electron chi connectivity index (χ4n) is 4.02. The van der Waals surface area contributed by atoms with Gasteiger partial charge in [0.05, 0.1) is 11.9 Å². The molecular formula is C27H39N3O4S. The monoisotopic (exact) mass is 501 g/mol. The van der Waals surface area contributed by atoms with Crippen molar-refractivity contribution in [3.8, 4) is 0 Å². The van der Waals surface area contributed by atoms with Crippen molar-refractivity contribution >= 4 is 27.5 Å². The van der Waals surface area contributed by atoms with Gasteiger partial charge < -0.3 is 10.2 Å². The highest BCUT2D eigenvalue weighted by Gasteiger charge is 2.29. The van der Waals surface area contributed by atoms with Crippen LogP contribution in [0.3, 0.4) is 0 Å². The quantitative estimate of drug-likeness (QED) is 0.473. The second-order valence-electron chi connectivity index (χ2n) is 9.32. The Morgan fingerprint density at radius 3 is 2.17 bits per heavy atom. The number of nitrogens with zero attached hydrogens (tertiary/aromatic N) is 2. The third-order valence-electron chi connectivity index (χ3n) is 5.83. The minimum Gasteiger partial charge on any atom is -0.352 e. The van der Waals surface area contributed by atoms with Crippen LogP contribution < -0.4 is 9.62 Å². The summed E-state index contributed by atoms with van der Waals surface area (Å²) >= 11 is 0. The van der Waals surface area contributed by atoms with Crippen LogP contribution in [0, 0.1) is 13.8 Å². The molecular weight excluding hydrogens is 462 g/mol. The molecule has 0 aromatic heterocycles.